The molecule has 2 aromatic carbocycles. The Bertz CT molecular complexity index is 1340. The van der Waals surface area contributed by atoms with E-state index < -0.39 is 15.9 Å². The number of aromatic nitrogens is 1. The minimum Gasteiger partial charge on any atom is -0.355 e. The first-order chi connectivity index (χ1) is 17.1. The molecule has 0 bridgehead atoms. The number of anilines is 1. The largest absolute Gasteiger partial charge is 0.355 e. The summed E-state index contributed by atoms with van der Waals surface area (Å²) in [6.45, 7) is 8.32. The van der Waals surface area contributed by atoms with E-state index in [1.807, 2.05) is 55.5 Å². The van der Waals surface area contributed by atoms with Gasteiger partial charge in [0.05, 0.1) is 5.92 Å². The molecule has 1 unspecified atom stereocenters. The fourth-order valence-corrected chi connectivity index (χ4v) is 6.12. The number of carbonyl (C=O) groups excluding carboxylic acids is 1. The van der Waals surface area contributed by atoms with Gasteiger partial charge in [-0.1, -0.05) is 67.0 Å². The summed E-state index contributed by atoms with van der Waals surface area (Å²) in [5, 5.41) is 6.87. The van der Waals surface area contributed by atoms with Gasteiger partial charge in [0.25, 0.3) is 0 Å². The fourth-order valence-electron chi connectivity index (χ4n) is 4.35. The first kappa shape index (κ1) is 25.9. The molecule has 1 aliphatic heterocycles. The second-order valence-electron chi connectivity index (χ2n) is 9.67. The number of nitrogens with one attached hydrogen (secondary N) is 1. The molecule has 0 spiro atoms. The van der Waals surface area contributed by atoms with Gasteiger partial charge in [-0.3, -0.25) is 4.79 Å². The van der Waals surface area contributed by atoms with E-state index in [-0.39, 0.29) is 23.1 Å². The van der Waals surface area contributed by atoms with Crippen LogP contribution >= 0.6 is 0 Å². The average molecular weight is 508 g/mol. The maximum atomic E-state index is 13.6. The number of benzene rings is 2. The molecule has 3 aromatic rings. The zero-order chi connectivity index (χ0) is 25.9. The third-order valence-corrected chi connectivity index (χ3v) is 8.56. The molecule has 1 aliphatic rings. The summed E-state index contributed by atoms with van der Waals surface area (Å²) in [6.07, 6.45) is 4.66. The van der Waals surface area contributed by atoms with Gasteiger partial charge in [0.15, 0.2) is 10.7 Å². The predicted octanol–water partition coefficient (Wildman–Crippen LogP) is 5.62. The highest BCUT2D eigenvalue weighted by atomic mass is 32.2. The highest BCUT2D eigenvalue weighted by Gasteiger charge is 2.37. The quantitative estimate of drug-likeness (QED) is 0.448. The normalized spacial score (nSPS) is 17.1. The van der Waals surface area contributed by atoms with Gasteiger partial charge < -0.3 is 9.84 Å². The molecular formula is C28H33N3O4S. The van der Waals surface area contributed by atoms with E-state index in [0.717, 1.165) is 11.1 Å². The Morgan fingerprint density at radius 3 is 2.44 bits per heavy atom. The van der Waals surface area contributed by atoms with Gasteiger partial charge in [0.1, 0.15) is 5.69 Å². The number of piperidine rings is 1. The Morgan fingerprint density at radius 2 is 1.78 bits per heavy atom. The Labute approximate surface area is 213 Å². The molecule has 2 heterocycles. The van der Waals surface area contributed by atoms with Crippen molar-refractivity contribution in [3.63, 3.8) is 0 Å². The van der Waals surface area contributed by atoms with Crippen LogP contribution in [-0.4, -0.2) is 36.9 Å². The molecule has 7 nitrogen and oxygen atoms in total. The van der Waals surface area contributed by atoms with Crippen molar-refractivity contribution in [2.24, 2.45) is 5.92 Å². The molecule has 1 N–H and O–H groups in total. The summed E-state index contributed by atoms with van der Waals surface area (Å²) in [6, 6.07) is 15.6. The van der Waals surface area contributed by atoms with Crippen LogP contribution in [0.5, 0.6) is 0 Å². The summed E-state index contributed by atoms with van der Waals surface area (Å²) >= 11 is 0. The lowest BCUT2D eigenvalue weighted by Gasteiger charge is -2.31. The van der Waals surface area contributed by atoms with E-state index in [1.165, 1.54) is 9.87 Å². The molecule has 1 saturated heterocycles. The van der Waals surface area contributed by atoms with Gasteiger partial charge >= 0.3 is 0 Å². The number of amides is 1. The first-order valence-corrected chi connectivity index (χ1v) is 13.7. The summed E-state index contributed by atoms with van der Waals surface area (Å²) in [7, 11) is -3.90. The number of aryl methyl sites for hydroxylation is 2. The molecule has 1 fully saturated rings. The van der Waals surface area contributed by atoms with Crippen LogP contribution in [0.15, 0.2) is 57.9 Å². The molecule has 1 aromatic heterocycles. The van der Waals surface area contributed by atoms with E-state index in [4.69, 9.17) is 4.52 Å². The molecule has 8 heteroatoms. The van der Waals surface area contributed by atoms with Gasteiger partial charge in [-0.25, -0.2) is 8.42 Å². The molecule has 1 atom stereocenters. The van der Waals surface area contributed by atoms with Crippen LogP contribution in [-0.2, 0) is 14.8 Å². The van der Waals surface area contributed by atoms with E-state index in [9.17, 15) is 13.2 Å². The van der Waals surface area contributed by atoms with Gasteiger partial charge in [0, 0.05) is 18.8 Å². The van der Waals surface area contributed by atoms with Crippen molar-refractivity contribution in [1.29, 1.82) is 0 Å². The molecule has 4 rings (SSSR count). The lowest BCUT2D eigenvalue weighted by atomic mass is 9.98. The number of hydrogen-bond acceptors (Lipinski definition) is 5. The van der Waals surface area contributed by atoms with Crippen molar-refractivity contribution in [3.8, 4) is 0 Å². The van der Waals surface area contributed by atoms with Crippen LogP contribution in [0, 0.1) is 19.8 Å². The first-order valence-electron chi connectivity index (χ1n) is 12.3. The predicted molar refractivity (Wildman–Crippen MR) is 142 cm³/mol. The maximum Gasteiger partial charge on any atom is 0.248 e. The number of hydrogen-bond donors (Lipinski definition) is 1. The third kappa shape index (κ3) is 5.77. The second-order valence-corrected chi connectivity index (χ2v) is 11.5. The molecule has 0 saturated carbocycles. The maximum absolute atomic E-state index is 13.6. The van der Waals surface area contributed by atoms with E-state index in [0.29, 0.717) is 36.7 Å². The molecule has 36 heavy (non-hydrogen) atoms. The summed E-state index contributed by atoms with van der Waals surface area (Å²) in [4.78, 5) is 13.0. The van der Waals surface area contributed by atoms with Crippen LogP contribution in [0.25, 0.3) is 12.2 Å². The third-order valence-electron chi connectivity index (χ3n) is 6.54. The minimum atomic E-state index is -3.90. The standard InChI is InChI=1S/C28H33N3O4S/c1-19(2)23-12-14-25(15-13-23)29-28(32)24-6-5-17-31(18-24)36(33,34)27-21(4)30-35-26(27)16-11-22-9-7-20(3)8-10-22/h7-16,19,24H,5-6,17-18H2,1-4H3,(H,29,32). The Morgan fingerprint density at radius 1 is 1.08 bits per heavy atom. The number of rotatable bonds is 7. The highest BCUT2D eigenvalue weighted by Crippen LogP contribution is 2.30. The van der Waals surface area contributed by atoms with Gasteiger partial charge in [-0.2, -0.15) is 4.31 Å². The fraction of sp³-hybridized carbons (Fsp3) is 0.357. The van der Waals surface area contributed by atoms with Crippen molar-refractivity contribution in [1.82, 2.24) is 9.46 Å². The topological polar surface area (TPSA) is 92.5 Å². The van der Waals surface area contributed by atoms with E-state index in [2.05, 4.69) is 24.3 Å². The minimum absolute atomic E-state index is 0.0520. The number of sulfonamides is 1. The van der Waals surface area contributed by atoms with Crippen molar-refractivity contribution in [3.05, 3.63) is 76.7 Å². The summed E-state index contributed by atoms with van der Waals surface area (Å²) in [5.74, 6) is -0.0204. The zero-order valence-electron chi connectivity index (χ0n) is 21.2. The Balaban J connectivity index is 1.49. The van der Waals surface area contributed by atoms with E-state index in [1.54, 1.807) is 19.1 Å². The van der Waals surface area contributed by atoms with Gasteiger partial charge in [-0.15, -0.1) is 0 Å². The molecule has 190 valence electrons. The van der Waals surface area contributed by atoms with Crippen molar-refractivity contribution < 1.29 is 17.7 Å². The SMILES string of the molecule is Cc1ccc(C=Cc2onc(C)c2S(=O)(=O)N2CCCC(C(=O)Nc3ccc(C(C)C)cc3)C2)cc1. The van der Waals surface area contributed by atoms with Crippen LogP contribution < -0.4 is 5.32 Å². The smallest absolute Gasteiger partial charge is 0.248 e. The lowest BCUT2D eigenvalue weighted by Crippen LogP contribution is -2.43. The van der Waals surface area contributed by atoms with E-state index >= 15 is 0 Å². The number of nitrogens with zero attached hydrogens (tertiary/aromatic N) is 2. The van der Waals surface area contributed by atoms with Crippen molar-refractivity contribution in [2.75, 3.05) is 18.4 Å². The molecule has 0 radical (unpaired) electrons. The van der Waals surface area contributed by atoms with Crippen LogP contribution in [0.3, 0.4) is 0 Å². The summed E-state index contributed by atoms with van der Waals surface area (Å²) < 4.78 is 34.0. The molecule has 0 aliphatic carbocycles. The highest BCUT2D eigenvalue weighted by molar-refractivity contribution is 7.89. The molecular weight excluding hydrogens is 474 g/mol. The Hall–Kier alpha value is -3.23. The van der Waals surface area contributed by atoms with Gasteiger partial charge in [-0.05, 0) is 61.9 Å². The number of carbonyl (C=O) groups is 1. The summed E-state index contributed by atoms with van der Waals surface area (Å²) in [5.41, 5.74) is 4.27. The van der Waals surface area contributed by atoms with Crippen molar-refractivity contribution in [2.45, 2.75) is 51.3 Å². The lowest BCUT2D eigenvalue weighted by molar-refractivity contribution is -0.120. The van der Waals surface area contributed by atoms with Crippen LogP contribution in [0.1, 0.15) is 60.8 Å². The van der Waals surface area contributed by atoms with Crippen LogP contribution in [0.2, 0.25) is 0 Å². The van der Waals surface area contributed by atoms with Gasteiger partial charge in [0.2, 0.25) is 15.9 Å². The molecule has 1 amide bonds. The second kappa shape index (κ2) is 10.8. The zero-order valence-corrected chi connectivity index (χ0v) is 22.0. The monoisotopic (exact) mass is 507 g/mol. The Kier molecular flexibility index (Phi) is 7.76. The average Bonchev–Trinajstić information content (AvgIpc) is 3.25. The van der Waals surface area contributed by atoms with Crippen molar-refractivity contribution >= 4 is 33.8 Å². The van der Waals surface area contributed by atoms with Crippen LogP contribution in [0.4, 0.5) is 5.69 Å².